The standard InChI is InChI=1S/C30H30O6/c1-6-21-17-24(11-16-27(21)23-9-14-26(15-10-23)36-30(33)20(4)5)22-7-12-25(13-8-22)35-28(31)18-34-29(32)19(2)3/h7-17,30,33H,2,4,6,18H2,1,3,5H3. The van der Waals surface area contributed by atoms with Crippen molar-refractivity contribution in [1.29, 1.82) is 0 Å². The predicted octanol–water partition coefficient (Wildman–Crippen LogP) is 5.88. The van der Waals surface area contributed by atoms with Crippen LogP contribution in [0.1, 0.15) is 26.3 Å². The molecule has 0 bridgehead atoms. The Morgan fingerprint density at radius 2 is 1.44 bits per heavy atom. The van der Waals surface area contributed by atoms with Crippen LogP contribution in [0.2, 0.25) is 0 Å². The number of benzene rings is 3. The first kappa shape index (κ1) is 26.4. The topological polar surface area (TPSA) is 82.1 Å². The first-order valence-electron chi connectivity index (χ1n) is 11.5. The van der Waals surface area contributed by atoms with Crippen molar-refractivity contribution in [1.82, 2.24) is 0 Å². The molecule has 0 aliphatic heterocycles. The van der Waals surface area contributed by atoms with Gasteiger partial charge in [-0.1, -0.05) is 62.5 Å². The number of aryl methyl sites for hydroxylation is 1. The fraction of sp³-hybridized carbons (Fsp3) is 0.200. The predicted molar refractivity (Wildman–Crippen MR) is 140 cm³/mol. The van der Waals surface area contributed by atoms with Crippen LogP contribution in [0.15, 0.2) is 91.0 Å². The van der Waals surface area contributed by atoms with Gasteiger partial charge in [0, 0.05) is 5.57 Å². The average Bonchev–Trinajstić information content (AvgIpc) is 2.87. The Balaban J connectivity index is 1.70. The Labute approximate surface area is 211 Å². The van der Waals surface area contributed by atoms with Gasteiger partial charge in [-0.2, -0.15) is 0 Å². The lowest BCUT2D eigenvalue weighted by molar-refractivity contribution is -0.150. The highest BCUT2D eigenvalue weighted by Crippen LogP contribution is 2.31. The van der Waals surface area contributed by atoms with Crippen LogP contribution in [0, 0.1) is 0 Å². The number of hydrogen-bond donors (Lipinski definition) is 1. The van der Waals surface area contributed by atoms with Gasteiger partial charge in [-0.3, -0.25) is 0 Å². The molecule has 0 aliphatic rings. The van der Waals surface area contributed by atoms with Gasteiger partial charge in [0.1, 0.15) is 11.5 Å². The molecule has 1 atom stereocenters. The number of carbonyl (C=O) groups excluding carboxylic acids is 2. The summed E-state index contributed by atoms with van der Waals surface area (Å²) in [4.78, 5) is 23.3. The number of aliphatic hydroxyl groups excluding tert-OH is 1. The SMILES string of the molecule is C=C(C)C(=O)OCC(=O)Oc1ccc(-c2ccc(-c3ccc(OC(O)C(=C)C)cc3)c(CC)c2)cc1. The second-order valence-electron chi connectivity index (χ2n) is 8.42. The third kappa shape index (κ3) is 6.93. The number of ether oxygens (including phenoxy) is 3. The molecule has 6 heteroatoms. The van der Waals surface area contributed by atoms with Crippen LogP contribution in [0.3, 0.4) is 0 Å². The first-order valence-corrected chi connectivity index (χ1v) is 11.5. The minimum absolute atomic E-state index is 0.217. The third-order valence-electron chi connectivity index (χ3n) is 5.41. The fourth-order valence-corrected chi connectivity index (χ4v) is 3.41. The number of aliphatic hydroxyl groups is 1. The van der Waals surface area contributed by atoms with E-state index >= 15 is 0 Å². The van der Waals surface area contributed by atoms with E-state index in [2.05, 4.69) is 32.2 Å². The van der Waals surface area contributed by atoms with Crippen LogP contribution >= 0.6 is 0 Å². The Hall–Kier alpha value is -4.16. The summed E-state index contributed by atoms with van der Waals surface area (Å²) in [6, 6.07) is 21.0. The number of hydrogen-bond acceptors (Lipinski definition) is 6. The molecule has 0 saturated carbocycles. The van der Waals surface area contributed by atoms with Crippen LogP contribution in [0.25, 0.3) is 22.3 Å². The summed E-state index contributed by atoms with van der Waals surface area (Å²) in [6.45, 7) is 12.0. The van der Waals surface area contributed by atoms with Crippen LogP contribution in [0.4, 0.5) is 0 Å². The van der Waals surface area contributed by atoms with Crippen molar-refractivity contribution in [3.63, 3.8) is 0 Å². The van der Waals surface area contributed by atoms with Crippen molar-refractivity contribution in [3.05, 3.63) is 96.6 Å². The molecule has 0 aliphatic carbocycles. The van der Waals surface area contributed by atoms with E-state index in [1.807, 2.05) is 42.5 Å². The van der Waals surface area contributed by atoms with Crippen LogP contribution in [-0.4, -0.2) is 29.9 Å². The highest BCUT2D eigenvalue weighted by Gasteiger charge is 2.12. The van der Waals surface area contributed by atoms with Gasteiger partial charge in [0.05, 0.1) is 0 Å². The lowest BCUT2D eigenvalue weighted by Gasteiger charge is -2.15. The number of carbonyl (C=O) groups is 2. The Kier molecular flexibility index (Phi) is 8.81. The first-order chi connectivity index (χ1) is 17.2. The van der Waals surface area contributed by atoms with Crippen molar-refractivity contribution in [3.8, 4) is 33.8 Å². The van der Waals surface area contributed by atoms with Gasteiger partial charge in [-0.15, -0.1) is 0 Å². The molecular formula is C30H30O6. The monoisotopic (exact) mass is 486 g/mol. The van der Waals surface area contributed by atoms with Crippen LogP contribution in [-0.2, 0) is 20.7 Å². The molecule has 3 aromatic rings. The summed E-state index contributed by atoms with van der Waals surface area (Å²) in [7, 11) is 0. The zero-order chi connectivity index (χ0) is 26.2. The summed E-state index contributed by atoms with van der Waals surface area (Å²) in [5.74, 6) is -0.371. The van der Waals surface area contributed by atoms with E-state index in [-0.39, 0.29) is 5.57 Å². The molecule has 1 N–H and O–H groups in total. The number of rotatable bonds is 10. The van der Waals surface area contributed by atoms with Crippen molar-refractivity contribution < 1.29 is 28.9 Å². The summed E-state index contributed by atoms with van der Waals surface area (Å²) in [5, 5.41) is 9.84. The maximum atomic E-state index is 11.9. The molecule has 186 valence electrons. The summed E-state index contributed by atoms with van der Waals surface area (Å²) in [5.41, 5.74) is 6.11. The van der Waals surface area contributed by atoms with E-state index in [0.717, 1.165) is 28.7 Å². The molecule has 0 spiro atoms. The van der Waals surface area contributed by atoms with E-state index in [1.165, 1.54) is 12.5 Å². The molecule has 3 aromatic carbocycles. The van der Waals surface area contributed by atoms with Gasteiger partial charge >= 0.3 is 11.9 Å². The molecule has 0 heterocycles. The Bertz CT molecular complexity index is 1260. The Morgan fingerprint density at radius 1 is 0.861 bits per heavy atom. The molecule has 3 rings (SSSR count). The largest absolute Gasteiger partial charge is 0.461 e. The van der Waals surface area contributed by atoms with Gasteiger partial charge in [0.25, 0.3) is 0 Å². The molecule has 0 fully saturated rings. The minimum Gasteiger partial charge on any atom is -0.461 e. The second-order valence-corrected chi connectivity index (χ2v) is 8.42. The van der Waals surface area contributed by atoms with Crippen molar-refractivity contribution in [2.45, 2.75) is 33.5 Å². The van der Waals surface area contributed by atoms with E-state index in [9.17, 15) is 14.7 Å². The zero-order valence-electron chi connectivity index (χ0n) is 20.7. The fourth-order valence-electron chi connectivity index (χ4n) is 3.41. The zero-order valence-corrected chi connectivity index (χ0v) is 20.7. The molecule has 0 aromatic heterocycles. The quantitative estimate of drug-likeness (QED) is 0.127. The third-order valence-corrected chi connectivity index (χ3v) is 5.41. The highest BCUT2D eigenvalue weighted by molar-refractivity contribution is 5.88. The second kappa shape index (κ2) is 12.0. The van der Waals surface area contributed by atoms with Gasteiger partial charge in [0.15, 0.2) is 6.61 Å². The average molecular weight is 487 g/mol. The maximum absolute atomic E-state index is 11.9. The summed E-state index contributed by atoms with van der Waals surface area (Å²) < 4.78 is 15.5. The van der Waals surface area contributed by atoms with E-state index in [0.29, 0.717) is 17.1 Å². The van der Waals surface area contributed by atoms with Crippen molar-refractivity contribution in [2.75, 3.05) is 6.61 Å². The van der Waals surface area contributed by atoms with Gasteiger partial charge in [-0.05, 0) is 77.9 Å². The molecule has 0 radical (unpaired) electrons. The van der Waals surface area contributed by atoms with Crippen molar-refractivity contribution in [2.24, 2.45) is 0 Å². The van der Waals surface area contributed by atoms with Crippen LogP contribution in [0.5, 0.6) is 11.5 Å². The lowest BCUT2D eigenvalue weighted by Crippen LogP contribution is -2.18. The minimum atomic E-state index is -1.03. The highest BCUT2D eigenvalue weighted by atomic mass is 16.6. The summed E-state index contributed by atoms with van der Waals surface area (Å²) >= 11 is 0. The molecule has 1 unspecified atom stereocenters. The smallest absolute Gasteiger partial charge is 0.349 e. The van der Waals surface area contributed by atoms with E-state index in [1.54, 1.807) is 19.1 Å². The molecule has 6 nitrogen and oxygen atoms in total. The molecule has 0 saturated heterocycles. The van der Waals surface area contributed by atoms with Gasteiger partial charge < -0.3 is 19.3 Å². The number of esters is 2. The maximum Gasteiger partial charge on any atom is 0.349 e. The lowest BCUT2D eigenvalue weighted by atomic mass is 9.93. The van der Waals surface area contributed by atoms with Crippen molar-refractivity contribution >= 4 is 11.9 Å². The van der Waals surface area contributed by atoms with E-state index in [4.69, 9.17) is 14.2 Å². The molecule has 0 amide bonds. The Morgan fingerprint density at radius 3 is 2.03 bits per heavy atom. The van der Waals surface area contributed by atoms with E-state index < -0.39 is 24.8 Å². The van der Waals surface area contributed by atoms with Gasteiger partial charge in [-0.25, -0.2) is 9.59 Å². The summed E-state index contributed by atoms with van der Waals surface area (Å²) in [6.07, 6.45) is -0.190. The normalized spacial score (nSPS) is 11.3. The van der Waals surface area contributed by atoms with Crippen LogP contribution < -0.4 is 9.47 Å². The van der Waals surface area contributed by atoms with Gasteiger partial charge in [0.2, 0.25) is 6.29 Å². The molecular weight excluding hydrogens is 456 g/mol. The molecule has 36 heavy (non-hydrogen) atoms.